The molecule has 0 amide bonds. The molecule has 1 aromatic carbocycles. The van der Waals surface area contributed by atoms with E-state index in [9.17, 15) is 9.90 Å². The van der Waals surface area contributed by atoms with Gasteiger partial charge in [-0.15, -0.1) is 0 Å². The van der Waals surface area contributed by atoms with Crippen molar-refractivity contribution in [3.63, 3.8) is 0 Å². The number of anilines is 1. The van der Waals surface area contributed by atoms with Gasteiger partial charge in [-0.25, -0.2) is 4.98 Å². The lowest BCUT2D eigenvalue weighted by Crippen LogP contribution is -2.34. The summed E-state index contributed by atoms with van der Waals surface area (Å²) in [6, 6.07) is 11.8. The highest BCUT2D eigenvalue weighted by molar-refractivity contribution is 5.76. The maximum absolute atomic E-state index is 12.3. The highest BCUT2D eigenvalue weighted by Gasteiger charge is 2.35. The van der Waals surface area contributed by atoms with Gasteiger partial charge in [-0.3, -0.25) is 9.69 Å². The lowest BCUT2D eigenvalue weighted by molar-refractivity contribution is -0.143. The van der Waals surface area contributed by atoms with Gasteiger partial charge in [0.15, 0.2) is 0 Å². The maximum atomic E-state index is 12.3. The Hall–Kier alpha value is -2.44. The van der Waals surface area contributed by atoms with Crippen LogP contribution in [0.1, 0.15) is 80.3 Å². The zero-order valence-corrected chi connectivity index (χ0v) is 20.6. The molecule has 2 unspecified atom stereocenters. The number of benzene rings is 1. The van der Waals surface area contributed by atoms with Crippen molar-refractivity contribution in [3.8, 4) is 0 Å². The molecule has 0 saturated carbocycles. The van der Waals surface area contributed by atoms with Crippen LogP contribution in [0.15, 0.2) is 36.4 Å². The van der Waals surface area contributed by atoms with E-state index >= 15 is 0 Å². The van der Waals surface area contributed by atoms with Gasteiger partial charge in [0, 0.05) is 31.9 Å². The van der Waals surface area contributed by atoms with E-state index in [0.717, 1.165) is 74.3 Å². The van der Waals surface area contributed by atoms with Crippen LogP contribution in [0.5, 0.6) is 0 Å². The highest BCUT2D eigenvalue weighted by atomic mass is 16.5. The number of fused-ring (bicyclic) bond motifs is 1. The fourth-order valence-corrected chi connectivity index (χ4v) is 5.21. The lowest BCUT2D eigenvalue weighted by Gasteiger charge is -2.28. The number of aromatic nitrogens is 1. The van der Waals surface area contributed by atoms with E-state index in [4.69, 9.17) is 9.72 Å². The normalized spacial score (nSPS) is 19.9. The Bertz CT molecular complexity index is 964. The quantitative estimate of drug-likeness (QED) is 0.445. The third kappa shape index (κ3) is 5.97. The van der Waals surface area contributed by atoms with Crippen LogP contribution in [-0.4, -0.2) is 53.3 Å². The number of likely N-dealkylation sites (tertiary alicyclic amines) is 1. The first-order chi connectivity index (χ1) is 16.6. The van der Waals surface area contributed by atoms with E-state index in [1.54, 1.807) is 0 Å². The molecule has 3 heterocycles. The number of pyridine rings is 1. The minimum absolute atomic E-state index is 0.101. The SMILES string of the molecule is CCC(C)c1ccccc1C(C(=O)O)N1CC[C@@H](OCCCCc2ccc3c(n2)NCCC3)C1. The molecule has 0 aliphatic carbocycles. The summed E-state index contributed by atoms with van der Waals surface area (Å²) < 4.78 is 6.16. The molecule has 4 rings (SSSR count). The zero-order chi connectivity index (χ0) is 23.9. The van der Waals surface area contributed by atoms with E-state index in [0.29, 0.717) is 19.1 Å². The van der Waals surface area contributed by atoms with Crippen LogP contribution < -0.4 is 5.32 Å². The second kappa shape index (κ2) is 11.8. The summed E-state index contributed by atoms with van der Waals surface area (Å²) in [5, 5.41) is 13.5. The van der Waals surface area contributed by atoms with Crippen molar-refractivity contribution in [1.29, 1.82) is 0 Å². The molecule has 1 fully saturated rings. The van der Waals surface area contributed by atoms with Gasteiger partial charge in [-0.05, 0) is 73.6 Å². The number of carbonyl (C=O) groups is 1. The maximum Gasteiger partial charge on any atom is 0.325 e. The summed E-state index contributed by atoms with van der Waals surface area (Å²) >= 11 is 0. The predicted molar refractivity (Wildman–Crippen MR) is 135 cm³/mol. The van der Waals surface area contributed by atoms with Crippen molar-refractivity contribution in [2.24, 2.45) is 0 Å². The molecular formula is C28H39N3O3. The number of nitrogens with zero attached hydrogens (tertiary/aromatic N) is 2. The molecule has 184 valence electrons. The van der Waals surface area contributed by atoms with E-state index in [1.165, 1.54) is 12.0 Å². The van der Waals surface area contributed by atoms with Gasteiger partial charge in [-0.1, -0.05) is 44.2 Å². The van der Waals surface area contributed by atoms with Crippen LogP contribution in [0, 0.1) is 0 Å². The first-order valence-electron chi connectivity index (χ1n) is 13.0. The molecule has 2 aliphatic rings. The fraction of sp³-hybridized carbons (Fsp3) is 0.571. The number of aliphatic carboxylic acids is 1. The molecule has 0 spiro atoms. The van der Waals surface area contributed by atoms with Crippen molar-refractivity contribution in [1.82, 2.24) is 9.88 Å². The van der Waals surface area contributed by atoms with E-state index < -0.39 is 12.0 Å². The van der Waals surface area contributed by atoms with Crippen molar-refractivity contribution in [3.05, 3.63) is 58.8 Å². The molecule has 2 aromatic rings. The predicted octanol–water partition coefficient (Wildman–Crippen LogP) is 5.19. The Labute approximate surface area is 203 Å². The van der Waals surface area contributed by atoms with E-state index in [1.807, 2.05) is 18.2 Å². The topological polar surface area (TPSA) is 74.7 Å². The van der Waals surface area contributed by atoms with Crippen LogP contribution in [0.2, 0.25) is 0 Å². The number of unbranched alkanes of at least 4 members (excludes halogenated alkanes) is 1. The van der Waals surface area contributed by atoms with Crippen molar-refractivity contribution < 1.29 is 14.6 Å². The number of hydrogen-bond donors (Lipinski definition) is 2. The summed E-state index contributed by atoms with van der Waals surface area (Å²) in [4.78, 5) is 19.1. The van der Waals surface area contributed by atoms with Gasteiger partial charge in [-0.2, -0.15) is 0 Å². The highest BCUT2D eigenvalue weighted by Crippen LogP contribution is 2.33. The average molecular weight is 466 g/mol. The van der Waals surface area contributed by atoms with Crippen LogP contribution in [0.25, 0.3) is 0 Å². The van der Waals surface area contributed by atoms with E-state index in [-0.39, 0.29) is 6.10 Å². The van der Waals surface area contributed by atoms with Crippen molar-refractivity contribution >= 4 is 11.8 Å². The minimum Gasteiger partial charge on any atom is -0.480 e. The van der Waals surface area contributed by atoms with Crippen molar-refractivity contribution in [2.75, 3.05) is 31.6 Å². The standard InChI is InChI=1S/C28H39N3O3/c1-3-20(2)24-11-4-5-12-25(24)26(28(32)33)31-17-15-23(19-31)34-18-7-6-10-22-14-13-21-9-8-16-29-27(21)30-22/h4-5,11-14,20,23,26H,3,6-10,15-19H2,1-2H3,(H,29,30)(H,32,33)/t20?,23-,26?/m1/s1. The Balaban J connectivity index is 1.25. The second-order valence-electron chi connectivity index (χ2n) is 9.75. The largest absolute Gasteiger partial charge is 0.480 e. The van der Waals surface area contributed by atoms with Crippen LogP contribution in [0.3, 0.4) is 0 Å². The van der Waals surface area contributed by atoms with Gasteiger partial charge >= 0.3 is 5.97 Å². The number of rotatable bonds is 11. The zero-order valence-electron chi connectivity index (χ0n) is 20.6. The van der Waals surface area contributed by atoms with Crippen molar-refractivity contribution in [2.45, 2.75) is 76.9 Å². The van der Waals surface area contributed by atoms with E-state index in [2.05, 4.69) is 42.3 Å². The summed E-state index contributed by atoms with van der Waals surface area (Å²) in [6.07, 6.45) is 7.27. The van der Waals surface area contributed by atoms with Gasteiger partial charge in [0.25, 0.3) is 0 Å². The minimum atomic E-state index is -0.775. The van der Waals surface area contributed by atoms with Gasteiger partial charge in [0.05, 0.1) is 6.10 Å². The Morgan fingerprint density at radius 1 is 1.24 bits per heavy atom. The summed E-state index contributed by atoms with van der Waals surface area (Å²) in [6.45, 7) is 7.47. The Morgan fingerprint density at radius 2 is 2.06 bits per heavy atom. The first-order valence-corrected chi connectivity index (χ1v) is 13.0. The number of aryl methyl sites for hydroxylation is 2. The van der Waals surface area contributed by atoms with Crippen LogP contribution in [-0.2, 0) is 22.4 Å². The lowest BCUT2D eigenvalue weighted by atomic mass is 9.89. The Kier molecular flexibility index (Phi) is 8.57. The van der Waals surface area contributed by atoms with Gasteiger partial charge in [0.1, 0.15) is 11.9 Å². The Morgan fingerprint density at radius 3 is 2.85 bits per heavy atom. The molecular weight excluding hydrogens is 426 g/mol. The smallest absolute Gasteiger partial charge is 0.325 e. The average Bonchev–Trinajstić information content (AvgIpc) is 3.31. The molecule has 1 saturated heterocycles. The van der Waals surface area contributed by atoms with Gasteiger partial charge < -0.3 is 15.2 Å². The molecule has 1 aromatic heterocycles. The molecule has 0 radical (unpaired) electrons. The second-order valence-corrected chi connectivity index (χ2v) is 9.75. The summed E-state index contributed by atoms with van der Waals surface area (Å²) in [7, 11) is 0. The fourth-order valence-electron chi connectivity index (χ4n) is 5.21. The number of carboxylic acids is 1. The third-order valence-electron chi connectivity index (χ3n) is 7.34. The van der Waals surface area contributed by atoms with Crippen LogP contribution >= 0.6 is 0 Å². The summed E-state index contributed by atoms with van der Waals surface area (Å²) in [5.41, 5.74) is 4.55. The first kappa shape index (κ1) is 24.7. The molecule has 6 nitrogen and oxygen atoms in total. The monoisotopic (exact) mass is 465 g/mol. The number of hydrogen-bond acceptors (Lipinski definition) is 5. The summed E-state index contributed by atoms with van der Waals surface area (Å²) in [5.74, 6) is 0.630. The molecule has 6 heteroatoms. The molecule has 34 heavy (non-hydrogen) atoms. The molecule has 2 N–H and O–H groups in total. The number of nitrogens with one attached hydrogen (secondary N) is 1. The van der Waals surface area contributed by atoms with Crippen LogP contribution in [0.4, 0.5) is 5.82 Å². The molecule has 2 aliphatic heterocycles. The number of ether oxygens (including phenoxy) is 1. The molecule has 3 atom stereocenters. The molecule has 0 bridgehead atoms. The van der Waals surface area contributed by atoms with Gasteiger partial charge in [0.2, 0.25) is 0 Å². The third-order valence-corrected chi connectivity index (χ3v) is 7.34. The number of carboxylic acid groups (broad SMARTS) is 1.